The molecule has 2 bridgehead atoms. The zero-order valence-electron chi connectivity index (χ0n) is 25.2. The number of terminal acetylenes is 1. The van der Waals surface area contributed by atoms with Crippen LogP contribution in [0.4, 0.5) is 14.6 Å². The van der Waals surface area contributed by atoms with E-state index in [9.17, 15) is 4.39 Å². The molecule has 8 nitrogen and oxygen atoms in total. The Morgan fingerprint density at radius 3 is 2.73 bits per heavy atom. The zero-order valence-corrected chi connectivity index (χ0v) is 25.2. The van der Waals surface area contributed by atoms with Gasteiger partial charge in [0, 0.05) is 62.5 Å². The number of anilines is 1. The summed E-state index contributed by atoms with van der Waals surface area (Å²) in [5.41, 5.74) is 1.50. The summed E-state index contributed by atoms with van der Waals surface area (Å²) in [5.74, 6) is 1.88. The smallest absolute Gasteiger partial charge is 0.319 e. The third-order valence-corrected chi connectivity index (χ3v) is 10.1. The number of rotatable bonds is 6. The predicted molar refractivity (Wildman–Crippen MR) is 169 cm³/mol. The molecule has 4 fully saturated rings. The maximum absolute atomic E-state index is 16.8. The number of pyridine rings is 1. The Kier molecular flexibility index (Phi) is 6.75. The second-order valence-corrected chi connectivity index (χ2v) is 12.9. The molecule has 10 heteroatoms. The number of ether oxygens (including phenoxy) is 2. The van der Waals surface area contributed by atoms with Crippen LogP contribution in [0.2, 0.25) is 0 Å². The van der Waals surface area contributed by atoms with Crippen molar-refractivity contribution in [1.29, 1.82) is 0 Å². The van der Waals surface area contributed by atoms with Gasteiger partial charge in [0.25, 0.3) is 0 Å². The van der Waals surface area contributed by atoms with Crippen molar-refractivity contribution in [3.05, 3.63) is 65.9 Å². The van der Waals surface area contributed by atoms with Gasteiger partial charge in [0.05, 0.1) is 22.6 Å². The number of nitrogens with zero attached hydrogens (tertiary/aromatic N) is 5. The van der Waals surface area contributed by atoms with E-state index in [0.29, 0.717) is 46.2 Å². The molecule has 0 saturated carbocycles. The molecule has 2 aromatic heterocycles. The van der Waals surface area contributed by atoms with Crippen molar-refractivity contribution in [3.8, 4) is 29.6 Å². The summed E-state index contributed by atoms with van der Waals surface area (Å²) >= 11 is 0. The maximum atomic E-state index is 16.8. The number of hydrogen-bond donors (Lipinski definition) is 1. The number of aromatic nitrogens is 3. The van der Waals surface area contributed by atoms with Gasteiger partial charge < -0.3 is 19.7 Å². The molecule has 8 rings (SSSR count). The van der Waals surface area contributed by atoms with Gasteiger partial charge in [0.15, 0.2) is 5.82 Å². The number of benzene rings is 2. The average molecular weight is 609 g/mol. The van der Waals surface area contributed by atoms with E-state index < -0.39 is 11.6 Å². The lowest BCUT2D eigenvalue weighted by Crippen LogP contribution is -2.51. The molecule has 2 unspecified atom stereocenters. The quantitative estimate of drug-likeness (QED) is 0.246. The van der Waals surface area contributed by atoms with E-state index in [4.69, 9.17) is 20.9 Å². The summed E-state index contributed by atoms with van der Waals surface area (Å²) in [6.45, 7) is 7.66. The van der Waals surface area contributed by atoms with E-state index in [1.165, 1.54) is 6.07 Å². The Balaban J connectivity index is 1.25. The molecule has 4 aromatic rings. The molecule has 6 heterocycles. The molecule has 4 aliphatic rings. The molecule has 4 aliphatic heterocycles. The zero-order chi connectivity index (χ0) is 30.9. The van der Waals surface area contributed by atoms with Crippen molar-refractivity contribution in [1.82, 2.24) is 25.2 Å². The van der Waals surface area contributed by atoms with Gasteiger partial charge in [-0.25, -0.2) is 8.78 Å². The fraction of sp³-hybridized carbons (Fsp3) is 0.400. The third kappa shape index (κ3) is 4.64. The largest absolute Gasteiger partial charge is 0.461 e. The van der Waals surface area contributed by atoms with Crippen LogP contribution in [-0.2, 0) is 4.74 Å². The number of piperazine rings is 1. The van der Waals surface area contributed by atoms with Crippen LogP contribution in [0.1, 0.15) is 31.2 Å². The number of halogens is 2. The average Bonchev–Trinajstić information content (AvgIpc) is 3.67. The van der Waals surface area contributed by atoms with Crippen LogP contribution in [0.25, 0.3) is 32.9 Å². The Hall–Kier alpha value is -4.17. The topological polar surface area (TPSA) is 75.6 Å². The molecule has 0 radical (unpaired) electrons. The van der Waals surface area contributed by atoms with Gasteiger partial charge >= 0.3 is 6.01 Å². The standard InChI is InChI=1S/C35H34F2N6O2/c1-4-25-28(36)11-8-21-6-5-7-26(29(21)25)31-30(37)32-27(14-38-31)33(42-16-22-9-10-23(17-42)39-22)41-34(40-32)45-19-35-12-20(2)15-43(35)18-24(13-35)44-3/h1,5-8,11,14,22-24,39H,2,9-10,12-13,15-19H2,3H3/t22?,23?,24-,35+/m0/s1. The van der Waals surface area contributed by atoms with Crippen molar-refractivity contribution in [2.45, 2.75) is 49.4 Å². The highest BCUT2D eigenvalue weighted by molar-refractivity contribution is 6.02. The Morgan fingerprint density at radius 2 is 1.96 bits per heavy atom. The first kappa shape index (κ1) is 28.3. The Labute approximate surface area is 260 Å². The fourth-order valence-electron chi connectivity index (χ4n) is 8.00. The van der Waals surface area contributed by atoms with E-state index >= 15 is 4.39 Å². The van der Waals surface area contributed by atoms with Gasteiger partial charge in [-0.3, -0.25) is 9.88 Å². The van der Waals surface area contributed by atoms with Gasteiger partial charge in [0.1, 0.15) is 29.5 Å². The number of fused-ring (bicyclic) bond motifs is 5. The summed E-state index contributed by atoms with van der Waals surface area (Å²) in [6, 6.07) is 9.06. The lowest BCUT2D eigenvalue weighted by atomic mass is 9.93. The number of hydrogen-bond acceptors (Lipinski definition) is 8. The highest BCUT2D eigenvalue weighted by Gasteiger charge is 2.50. The van der Waals surface area contributed by atoms with E-state index in [-0.39, 0.29) is 34.4 Å². The van der Waals surface area contributed by atoms with Gasteiger partial charge in [0.2, 0.25) is 0 Å². The first-order valence-electron chi connectivity index (χ1n) is 15.5. The minimum Gasteiger partial charge on any atom is -0.461 e. The molecular formula is C35H34F2N6O2. The van der Waals surface area contributed by atoms with Crippen LogP contribution in [0.5, 0.6) is 6.01 Å². The summed E-state index contributed by atoms with van der Waals surface area (Å²) in [7, 11) is 1.74. The highest BCUT2D eigenvalue weighted by Crippen LogP contribution is 2.43. The second kappa shape index (κ2) is 10.7. The molecule has 4 atom stereocenters. The molecule has 1 N–H and O–H groups in total. The van der Waals surface area contributed by atoms with Gasteiger partial charge in [-0.1, -0.05) is 42.3 Å². The normalized spacial score (nSPS) is 26.1. The summed E-state index contributed by atoms with van der Waals surface area (Å²) in [5, 5.41) is 5.28. The molecule has 2 aromatic carbocycles. The van der Waals surface area contributed by atoms with Crippen LogP contribution in [-0.4, -0.2) is 83.5 Å². The maximum Gasteiger partial charge on any atom is 0.319 e. The van der Waals surface area contributed by atoms with Crippen LogP contribution >= 0.6 is 0 Å². The minimum atomic E-state index is -0.631. The minimum absolute atomic E-state index is 0.0433. The van der Waals surface area contributed by atoms with Crippen molar-refractivity contribution in [3.63, 3.8) is 0 Å². The van der Waals surface area contributed by atoms with Crippen molar-refractivity contribution in [2.75, 3.05) is 44.8 Å². The van der Waals surface area contributed by atoms with Crippen molar-refractivity contribution >= 4 is 27.5 Å². The molecule has 45 heavy (non-hydrogen) atoms. The van der Waals surface area contributed by atoms with Crippen LogP contribution in [0, 0.1) is 24.0 Å². The second-order valence-electron chi connectivity index (χ2n) is 12.9. The van der Waals surface area contributed by atoms with E-state index in [0.717, 1.165) is 57.4 Å². The molecule has 0 spiro atoms. The Bertz CT molecular complexity index is 1900. The molecule has 0 aliphatic carbocycles. The van der Waals surface area contributed by atoms with E-state index in [2.05, 4.69) is 37.6 Å². The van der Waals surface area contributed by atoms with Crippen LogP contribution in [0.3, 0.4) is 0 Å². The molecular weight excluding hydrogens is 574 g/mol. The lowest BCUT2D eigenvalue weighted by molar-refractivity contribution is 0.101. The van der Waals surface area contributed by atoms with E-state index in [1.54, 1.807) is 31.5 Å². The van der Waals surface area contributed by atoms with Crippen LogP contribution < -0.4 is 15.0 Å². The lowest BCUT2D eigenvalue weighted by Gasteiger charge is -2.34. The molecule has 0 amide bonds. The highest BCUT2D eigenvalue weighted by atomic mass is 19.1. The summed E-state index contributed by atoms with van der Waals surface area (Å²) in [4.78, 5) is 18.7. The fourth-order valence-corrected chi connectivity index (χ4v) is 8.00. The van der Waals surface area contributed by atoms with Gasteiger partial charge in [-0.2, -0.15) is 9.97 Å². The summed E-state index contributed by atoms with van der Waals surface area (Å²) in [6.07, 6.45) is 11.2. The van der Waals surface area contributed by atoms with E-state index in [1.807, 2.05) is 6.07 Å². The molecule has 4 saturated heterocycles. The monoisotopic (exact) mass is 608 g/mol. The van der Waals surface area contributed by atoms with Gasteiger partial charge in [-0.05, 0) is 37.1 Å². The SMILES string of the molecule is C#Cc1c(F)ccc2cccc(-c3ncc4c(N5CC6CCC(C5)N6)nc(OC[C@]56CC(=C)CN5C[C@@H](OC)C6)nc4c3F)c12. The first-order chi connectivity index (χ1) is 21.9. The van der Waals surface area contributed by atoms with Crippen molar-refractivity contribution in [2.24, 2.45) is 0 Å². The number of nitrogens with one attached hydrogen (secondary N) is 1. The predicted octanol–water partition coefficient (Wildman–Crippen LogP) is 4.84. The number of methoxy groups -OCH3 is 1. The summed E-state index contributed by atoms with van der Waals surface area (Å²) < 4.78 is 43.7. The first-order valence-corrected chi connectivity index (χ1v) is 15.5. The third-order valence-electron chi connectivity index (χ3n) is 10.1. The molecule has 230 valence electrons. The van der Waals surface area contributed by atoms with Crippen molar-refractivity contribution < 1.29 is 18.3 Å². The Morgan fingerprint density at radius 1 is 1.13 bits per heavy atom. The van der Waals surface area contributed by atoms with Gasteiger partial charge in [-0.15, -0.1) is 6.42 Å². The van der Waals surface area contributed by atoms with Crippen LogP contribution in [0.15, 0.2) is 48.7 Å².